The molecule has 1 N–H and O–H groups in total. The van der Waals surface area contributed by atoms with Crippen LogP contribution >= 0.6 is 0 Å². The summed E-state index contributed by atoms with van der Waals surface area (Å²) in [5.74, 6) is 1.34. The lowest BCUT2D eigenvalue weighted by Gasteiger charge is -2.27. The maximum atomic E-state index is 12.3. The summed E-state index contributed by atoms with van der Waals surface area (Å²) in [5, 5.41) is 0. The van der Waals surface area contributed by atoms with Crippen LogP contribution in [0.5, 0.6) is 11.5 Å². The van der Waals surface area contributed by atoms with Gasteiger partial charge in [-0.1, -0.05) is 42.5 Å². The third-order valence-corrected chi connectivity index (χ3v) is 5.13. The molecule has 0 aliphatic carbocycles. The standard InChI is InChI=1S/C17H19NO4S/c1-21-16-9-5-8-14-10-15(11-22-17(14)16)18-23(19,20)12-13-6-3-2-4-7-13/h2-9,15,18H,10-12H2,1H3. The van der Waals surface area contributed by atoms with Gasteiger partial charge >= 0.3 is 0 Å². The van der Waals surface area contributed by atoms with Crippen molar-refractivity contribution >= 4 is 10.0 Å². The Morgan fingerprint density at radius 1 is 1.17 bits per heavy atom. The lowest BCUT2D eigenvalue weighted by molar-refractivity contribution is 0.240. The number of sulfonamides is 1. The maximum Gasteiger partial charge on any atom is 0.216 e. The first-order valence-corrected chi connectivity index (χ1v) is 9.05. The van der Waals surface area contributed by atoms with Crippen molar-refractivity contribution in [3.63, 3.8) is 0 Å². The van der Waals surface area contributed by atoms with E-state index in [9.17, 15) is 8.42 Å². The van der Waals surface area contributed by atoms with E-state index >= 15 is 0 Å². The maximum absolute atomic E-state index is 12.3. The smallest absolute Gasteiger partial charge is 0.216 e. The second-order valence-corrected chi connectivity index (χ2v) is 7.28. The molecular formula is C17H19NO4S. The van der Waals surface area contributed by atoms with Crippen molar-refractivity contribution in [1.82, 2.24) is 4.72 Å². The highest BCUT2D eigenvalue weighted by Gasteiger charge is 2.26. The molecule has 2 aromatic carbocycles. The Morgan fingerprint density at radius 2 is 1.96 bits per heavy atom. The van der Waals surface area contributed by atoms with E-state index in [4.69, 9.17) is 9.47 Å². The minimum Gasteiger partial charge on any atom is -0.493 e. The second kappa shape index (κ2) is 6.60. The van der Waals surface area contributed by atoms with Crippen molar-refractivity contribution in [2.45, 2.75) is 18.2 Å². The molecule has 1 atom stereocenters. The van der Waals surface area contributed by atoms with Gasteiger partial charge in [-0.25, -0.2) is 13.1 Å². The van der Waals surface area contributed by atoms with Crippen LogP contribution in [0.2, 0.25) is 0 Å². The van der Waals surface area contributed by atoms with Gasteiger partial charge in [-0.3, -0.25) is 0 Å². The highest BCUT2D eigenvalue weighted by atomic mass is 32.2. The third-order valence-electron chi connectivity index (χ3n) is 3.72. The Bertz CT molecular complexity index is 774. The molecule has 0 radical (unpaired) electrons. The van der Waals surface area contributed by atoms with Crippen LogP contribution in [0.25, 0.3) is 0 Å². The zero-order chi connectivity index (χ0) is 16.3. The number of methoxy groups -OCH3 is 1. The summed E-state index contributed by atoms with van der Waals surface area (Å²) in [6.45, 7) is 0.293. The van der Waals surface area contributed by atoms with E-state index in [1.807, 2.05) is 36.4 Å². The highest BCUT2D eigenvalue weighted by molar-refractivity contribution is 7.88. The SMILES string of the molecule is COc1cccc2c1OCC(NS(=O)(=O)Cc1ccccc1)C2. The lowest BCUT2D eigenvalue weighted by Crippen LogP contribution is -2.43. The molecule has 23 heavy (non-hydrogen) atoms. The fraction of sp³-hybridized carbons (Fsp3) is 0.294. The molecule has 0 aromatic heterocycles. The van der Waals surface area contributed by atoms with Crippen molar-refractivity contribution in [3.8, 4) is 11.5 Å². The fourth-order valence-corrected chi connectivity index (χ4v) is 4.09. The summed E-state index contributed by atoms with van der Waals surface area (Å²) in [5.41, 5.74) is 1.71. The Labute approximate surface area is 136 Å². The molecule has 1 aliphatic heterocycles. The molecule has 5 nitrogen and oxygen atoms in total. The van der Waals surface area contributed by atoms with E-state index < -0.39 is 10.0 Å². The molecule has 1 heterocycles. The van der Waals surface area contributed by atoms with Crippen molar-refractivity contribution in [3.05, 3.63) is 59.7 Å². The summed E-state index contributed by atoms with van der Waals surface area (Å²) in [6, 6.07) is 14.5. The Balaban J connectivity index is 1.69. The summed E-state index contributed by atoms with van der Waals surface area (Å²) >= 11 is 0. The molecule has 3 rings (SSSR count). The Morgan fingerprint density at radius 3 is 2.70 bits per heavy atom. The largest absolute Gasteiger partial charge is 0.493 e. The number of ether oxygens (including phenoxy) is 2. The van der Waals surface area contributed by atoms with E-state index in [-0.39, 0.29) is 11.8 Å². The number of hydrogen-bond acceptors (Lipinski definition) is 4. The van der Waals surface area contributed by atoms with E-state index in [0.717, 1.165) is 11.1 Å². The first-order valence-electron chi connectivity index (χ1n) is 7.40. The van der Waals surface area contributed by atoms with Crippen LogP contribution in [-0.4, -0.2) is 28.2 Å². The predicted octanol–water partition coefficient (Wildman–Crippen LogP) is 2.12. The van der Waals surface area contributed by atoms with Gasteiger partial charge in [0, 0.05) is 0 Å². The first kappa shape index (κ1) is 15.8. The number of rotatable bonds is 5. The quantitative estimate of drug-likeness (QED) is 0.910. The van der Waals surface area contributed by atoms with Gasteiger partial charge in [-0.05, 0) is 23.6 Å². The molecule has 0 spiro atoms. The summed E-state index contributed by atoms with van der Waals surface area (Å²) in [4.78, 5) is 0. The van der Waals surface area contributed by atoms with Crippen molar-refractivity contribution in [2.24, 2.45) is 0 Å². The topological polar surface area (TPSA) is 64.6 Å². The molecule has 0 saturated heterocycles. The third kappa shape index (κ3) is 3.83. The number of nitrogens with one attached hydrogen (secondary N) is 1. The number of hydrogen-bond donors (Lipinski definition) is 1. The first-order chi connectivity index (χ1) is 11.1. The summed E-state index contributed by atoms with van der Waals surface area (Å²) in [6.07, 6.45) is 0.584. The van der Waals surface area contributed by atoms with Crippen molar-refractivity contribution in [2.75, 3.05) is 13.7 Å². The van der Waals surface area contributed by atoms with E-state index in [1.54, 1.807) is 19.2 Å². The molecule has 0 fully saturated rings. The van der Waals surface area contributed by atoms with Gasteiger partial charge in [0.05, 0.1) is 18.9 Å². The van der Waals surface area contributed by atoms with Gasteiger partial charge < -0.3 is 9.47 Å². The molecule has 6 heteroatoms. The molecule has 0 amide bonds. The highest BCUT2D eigenvalue weighted by Crippen LogP contribution is 2.34. The Kier molecular flexibility index (Phi) is 4.54. The molecular weight excluding hydrogens is 314 g/mol. The fourth-order valence-electron chi connectivity index (χ4n) is 2.72. The van der Waals surface area contributed by atoms with Crippen LogP contribution in [0.4, 0.5) is 0 Å². The van der Waals surface area contributed by atoms with Gasteiger partial charge in [0.15, 0.2) is 11.5 Å². The van der Waals surface area contributed by atoms with Crippen LogP contribution in [0, 0.1) is 0 Å². The molecule has 1 aliphatic rings. The summed E-state index contributed by atoms with van der Waals surface area (Å²) < 4.78 is 38.3. The average Bonchev–Trinajstić information content (AvgIpc) is 2.54. The minimum atomic E-state index is -3.41. The van der Waals surface area contributed by atoms with Crippen molar-refractivity contribution < 1.29 is 17.9 Å². The normalized spacial score (nSPS) is 17.2. The monoisotopic (exact) mass is 333 g/mol. The number of benzene rings is 2. The van der Waals surface area contributed by atoms with Gasteiger partial charge in [0.2, 0.25) is 10.0 Å². The minimum absolute atomic E-state index is 0.0324. The molecule has 1 unspecified atom stereocenters. The van der Waals surface area contributed by atoms with Crippen molar-refractivity contribution in [1.29, 1.82) is 0 Å². The van der Waals surface area contributed by atoms with Gasteiger partial charge in [0.1, 0.15) is 6.61 Å². The van der Waals surface area contributed by atoms with Crippen LogP contribution in [0.3, 0.4) is 0 Å². The predicted molar refractivity (Wildman–Crippen MR) is 88.2 cm³/mol. The number of fused-ring (bicyclic) bond motifs is 1. The Hall–Kier alpha value is -2.05. The molecule has 0 saturated carbocycles. The zero-order valence-electron chi connectivity index (χ0n) is 12.9. The van der Waals surface area contributed by atoms with Crippen LogP contribution < -0.4 is 14.2 Å². The van der Waals surface area contributed by atoms with Gasteiger partial charge in [-0.15, -0.1) is 0 Å². The van der Waals surface area contributed by atoms with Gasteiger partial charge in [-0.2, -0.15) is 0 Å². The zero-order valence-corrected chi connectivity index (χ0v) is 13.7. The molecule has 122 valence electrons. The van der Waals surface area contributed by atoms with Crippen LogP contribution in [-0.2, 0) is 22.2 Å². The lowest BCUT2D eigenvalue weighted by atomic mass is 10.0. The van der Waals surface area contributed by atoms with E-state index in [1.165, 1.54) is 0 Å². The average molecular weight is 333 g/mol. The van der Waals surface area contributed by atoms with E-state index in [2.05, 4.69) is 4.72 Å². The van der Waals surface area contributed by atoms with Crippen LogP contribution in [0.1, 0.15) is 11.1 Å². The summed E-state index contributed by atoms with van der Waals surface area (Å²) in [7, 11) is -1.82. The van der Waals surface area contributed by atoms with Gasteiger partial charge in [0.25, 0.3) is 0 Å². The molecule has 2 aromatic rings. The molecule has 0 bridgehead atoms. The number of para-hydroxylation sites is 1. The van der Waals surface area contributed by atoms with E-state index in [0.29, 0.717) is 24.5 Å². The second-order valence-electron chi connectivity index (χ2n) is 5.52. The van der Waals surface area contributed by atoms with Crippen LogP contribution in [0.15, 0.2) is 48.5 Å².